The number of rotatable bonds is 5. The van der Waals surface area contributed by atoms with Gasteiger partial charge in [-0.1, -0.05) is 152 Å². The van der Waals surface area contributed by atoms with Crippen LogP contribution in [0, 0.1) is 0 Å². The molecule has 1 aliphatic heterocycles. The standard InChI is InChI=1S/C77H45N7/c1-6-25-62-45(16-1)38-56-51(21-11-30-68(56)79-62)50-43-61-67(78-44-50)37-36-55-74(52-22-12-31-69-57(52)39-46-17-2-7-26-63(46)80-69)75(53-23-13-32-70-58(53)40-47-18-3-8-27-64(47)81-70)77(54-24-14-33-71-59(54)41-48-19-4-9-28-65(48)82-71)84(76(55)61)73-35-15-34-72-60(73)42-49-20-5-10-29-66(49)83-72/h1-44,77H. The zero-order valence-corrected chi connectivity index (χ0v) is 45.1. The van der Waals surface area contributed by atoms with Crippen molar-refractivity contribution in [2.45, 2.75) is 6.04 Å². The number of benzene rings is 11. The fourth-order valence-electron chi connectivity index (χ4n) is 13.6. The first-order valence-corrected chi connectivity index (χ1v) is 28.5. The van der Waals surface area contributed by atoms with Crippen LogP contribution in [0.4, 0.5) is 11.4 Å². The van der Waals surface area contributed by atoms with Gasteiger partial charge in [0.2, 0.25) is 0 Å². The Kier molecular flexibility index (Phi) is 10.0. The molecule has 0 saturated carbocycles. The third-order valence-electron chi connectivity index (χ3n) is 17.4. The van der Waals surface area contributed by atoms with E-state index >= 15 is 0 Å². The molecule has 0 bridgehead atoms. The van der Waals surface area contributed by atoms with Crippen molar-refractivity contribution in [2.75, 3.05) is 4.90 Å². The van der Waals surface area contributed by atoms with Crippen LogP contribution in [0.1, 0.15) is 28.3 Å². The van der Waals surface area contributed by atoms with Crippen molar-refractivity contribution in [1.82, 2.24) is 29.9 Å². The van der Waals surface area contributed by atoms with E-state index in [4.69, 9.17) is 29.9 Å². The molecular weight excluding hydrogens is 1020 g/mol. The molecule has 0 spiro atoms. The Hall–Kier alpha value is -11.3. The summed E-state index contributed by atoms with van der Waals surface area (Å²) >= 11 is 0. The zero-order chi connectivity index (χ0) is 55.0. The second-order valence-electron chi connectivity index (χ2n) is 22.1. The van der Waals surface area contributed by atoms with Crippen molar-refractivity contribution in [3.8, 4) is 11.1 Å². The van der Waals surface area contributed by atoms with Crippen LogP contribution in [0.2, 0.25) is 0 Å². The Morgan fingerprint density at radius 2 is 0.679 bits per heavy atom. The van der Waals surface area contributed by atoms with Gasteiger partial charge in [-0.15, -0.1) is 0 Å². The lowest BCUT2D eigenvalue weighted by atomic mass is 9.75. The van der Waals surface area contributed by atoms with Crippen molar-refractivity contribution in [1.29, 1.82) is 0 Å². The molecule has 0 saturated heterocycles. The number of pyridine rings is 6. The maximum Gasteiger partial charge on any atom is 0.0864 e. The summed E-state index contributed by atoms with van der Waals surface area (Å²) < 4.78 is 0. The molecule has 0 fully saturated rings. The van der Waals surface area contributed by atoms with Crippen LogP contribution in [-0.4, -0.2) is 29.9 Å². The molecule has 84 heavy (non-hydrogen) atoms. The number of anilines is 2. The first-order chi connectivity index (χ1) is 41.6. The maximum atomic E-state index is 5.47. The summed E-state index contributed by atoms with van der Waals surface area (Å²) in [4.78, 5) is 35.0. The first-order valence-electron chi connectivity index (χ1n) is 28.5. The molecule has 0 aliphatic carbocycles. The second-order valence-corrected chi connectivity index (χ2v) is 22.1. The highest BCUT2D eigenvalue weighted by Crippen LogP contribution is 2.59. The Morgan fingerprint density at radius 3 is 1.23 bits per heavy atom. The monoisotopic (exact) mass is 1070 g/mol. The fourth-order valence-corrected chi connectivity index (χ4v) is 13.6. The molecule has 388 valence electrons. The molecule has 7 nitrogen and oxygen atoms in total. The highest BCUT2D eigenvalue weighted by atomic mass is 15.2. The predicted molar refractivity (Wildman–Crippen MR) is 348 cm³/mol. The Bertz CT molecular complexity index is 5730. The highest BCUT2D eigenvalue weighted by Gasteiger charge is 2.40. The summed E-state index contributed by atoms with van der Waals surface area (Å²) in [6.45, 7) is 0. The molecule has 1 unspecified atom stereocenters. The lowest BCUT2D eigenvalue weighted by Gasteiger charge is -2.44. The quantitative estimate of drug-likeness (QED) is 0.159. The Morgan fingerprint density at radius 1 is 0.274 bits per heavy atom. The number of hydrogen-bond donors (Lipinski definition) is 0. The van der Waals surface area contributed by atoms with Crippen molar-refractivity contribution < 1.29 is 0 Å². The van der Waals surface area contributed by atoms with Crippen LogP contribution in [0.3, 0.4) is 0 Å². The average Bonchev–Trinajstić information content (AvgIpc) is 1.06. The van der Waals surface area contributed by atoms with Gasteiger partial charge < -0.3 is 4.90 Å². The van der Waals surface area contributed by atoms with E-state index in [0.717, 1.165) is 176 Å². The molecule has 6 aromatic heterocycles. The van der Waals surface area contributed by atoms with E-state index in [-0.39, 0.29) is 0 Å². The molecule has 0 amide bonds. The van der Waals surface area contributed by atoms with Crippen LogP contribution >= 0.6 is 0 Å². The molecule has 0 radical (unpaired) electrons. The number of nitrogens with zero attached hydrogens (tertiary/aromatic N) is 7. The largest absolute Gasteiger partial charge is 0.328 e. The molecule has 17 aromatic rings. The maximum absolute atomic E-state index is 5.47. The smallest absolute Gasteiger partial charge is 0.0864 e. The minimum atomic E-state index is -0.528. The summed E-state index contributed by atoms with van der Waals surface area (Å²) in [5.41, 5.74) is 20.8. The lowest BCUT2D eigenvalue weighted by Crippen LogP contribution is -2.31. The van der Waals surface area contributed by atoms with Gasteiger partial charge in [-0.05, 0) is 143 Å². The lowest BCUT2D eigenvalue weighted by molar-refractivity contribution is 0.875. The van der Waals surface area contributed by atoms with Crippen LogP contribution in [0.25, 0.3) is 142 Å². The molecule has 18 rings (SSSR count). The van der Waals surface area contributed by atoms with E-state index in [2.05, 4.69) is 266 Å². The number of aromatic nitrogens is 6. The SMILES string of the molecule is c1ccc2nc3cccc(C4=C(c5cccc6nc7ccccc7cc56)C(c5cccc6nc7ccccc7cc56)N(c5cccc6nc7ccccc7cc56)c5c4ccc4ncc(-c6cccc7nc8ccccc8cc67)cc54)c3cc2c1. The predicted octanol–water partition coefficient (Wildman–Crippen LogP) is 19.3. The molecule has 0 N–H and O–H groups in total. The zero-order valence-electron chi connectivity index (χ0n) is 45.1. The third-order valence-corrected chi connectivity index (χ3v) is 17.4. The number of para-hydroxylation sites is 5. The topological polar surface area (TPSA) is 80.6 Å². The van der Waals surface area contributed by atoms with E-state index in [0.29, 0.717) is 0 Å². The minimum absolute atomic E-state index is 0.528. The van der Waals surface area contributed by atoms with Gasteiger partial charge in [0.25, 0.3) is 0 Å². The minimum Gasteiger partial charge on any atom is -0.328 e. The van der Waals surface area contributed by atoms with Crippen molar-refractivity contribution in [3.05, 3.63) is 289 Å². The van der Waals surface area contributed by atoms with Gasteiger partial charge >= 0.3 is 0 Å². The molecule has 11 aromatic carbocycles. The van der Waals surface area contributed by atoms with Crippen LogP contribution < -0.4 is 4.90 Å². The van der Waals surface area contributed by atoms with E-state index in [1.165, 1.54) is 0 Å². The molecule has 7 heteroatoms. The van der Waals surface area contributed by atoms with E-state index in [1.54, 1.807) is 0 Å². The normalized spacial score (nSPS) is 13.8. The second kappa shape index (κ2) is 18.1. The fraction of sp³-hybridized carbons (Fsp3) is 0.0130. The van der Waals surface area contributed by atoms with Crippen molar-refractivity contribution >= 4 is 142 Å². The Labute approximate surface area is 481 Å². The van der Waals surface area contributed by atoms with Gasteiger partial charge in [-0.25, -0.2) is 24.9 Å². The van der Waals surface area contributed by atoms with Gasteiger partial charge in [-0.2, -0.15) is 0 Å². The summed E-state index contributed by atoms with van der Waals surface area (Å²) in [7, 11) is 0. The van der Waals surface area contributed by atoms with Gasteiger partial charge in [0.1, 0.15) is 0 Å². The van der Waals surface area contributed by atoms with Crippen LogP contribution in [0.15, 0.2) is 267 Å². The number of hydrogen-bond acceptors (Lipinski definition) is 7. The van der Waals surface area contributed by atoms with Crippen molar-refractivity contribution in [3.63, 3.8) is 0 Å². The van der Waals surface area contributed by atoms with Gasteiger partial charge in [0.15, 0.2) is 0 Å². The van der Waals surface area contributed by atoms with Gasteiger partial charge in [-0.3, -0.25) is 4.98 Å². The van der Waals surface area contributed by atoms with E-state index in [9.17, 15) is 0 Å². The Balaban J connectivity index is 1.06. The van der Waals surface area contributed by atoms with Crippen LogP contribution in [-0.2, 0) is 0 Å². The van der Waals surface area contributed by atoms with E-state index < -0.39 is 6.04 Å². The molecule has 7 heterocycles. The summed E-state index contributed by atoms with van der Waals surface area (Å²) in [6.07, 6.45) is 2.04. The van der Waals surface area contributed by atoms with Gasteiger partial charge in [0, 0.05) is 76.6 Å². The highest BCUT2D eigenvalue weighted by molar-refractivity contribution is 6.21. The van der Waals surface area contributed by atoms with Gasteiger partial charge in [0.05, 0.1) is 78.1 Å². The summed E-state index contributed by atoms with van der Waals surface area (Å²) in [5.74, 6) is 0. The third kappa shape index (κ3) is 7.12. The number of fused-ring (bicyclic) bond motifs is 13. The summed E-state index contributed by atoms with van der Waals surface area (Å²) in [5, 5.41) is 11.6. The molecule has 1 atom stereocenters. The van der Waals surface area contributed by atoms with Crippen molar-refractivity contribution in [2.24, 2.45) is 0 Å². The van der Waals surface area contributed by atoms with Crippen LogP contribution in [0.5, 0.6) is 0 Å². The van der Waals surface area contributed by atoms with E-state index in [1.807, 2.05) is 6.20 Å². The first kappa shape index (κ1) is 46.5. The molecular formula is C77H45N7. The molecule has 1 aliphatic rings. The summed E-state index contributed by atoms with van der Waals surface area (Å²) in [6, 6.07) is 93.2. The average molecular weight is 1070 g/mol.